The Morgan fingerprint density at radius 3 is 1.28 bits per heavy atom. The van der Waals surface area contributed by atoms with Crippen LogP contribution in [0.4, 0.5) is 81.5 Å². The number of anilines is 14. The van der Waals surface area contributed by atoms with Crippen molar-refractivity contribution in [2.24, 2.45) is 0 Å². The van der Waals surface area contributed by atoms with E-state index in [0.29, 0.717) is 17.6 Å². The molecule has 524 valence electrons. The van der Waals surface area contributed by atoms with E-state index < -0.39 is 0 Å². The molecule has 8 heterocycles. The summed E-state index contributed by atoms with van der Waals surface area (Å²) in [5.41, 5.74) is 8.97. The Labute approximate surface area is 605 Å². The van der Waals surface area contributed by atoms with Crippen molar-refractivity contribution in [3.8, 4) is 5.75 Å². The first kappa shape index (κ1) is 70.6. The minimum Gasteiger partial charge on any atom is -0.489 e. The predicted molar refractivity (Wildman–Crippen MR) is 419 cm³/mol. The van der Waals surface area contributed by atoms with E-state index in [9.17, 15) is 0 Å². The van der Waals surface area contributed by atoms with E-state index in [1.54, 1.807) is 0 Å². The average Bonchev–Trinajstić information content (AvgIpc) is 0.825. The molecule has 14 rings (SSSR count). The lowest BCUT2D eigenvalue weighted by Crippen LogP contribution is -2.47. The molecule has 3 aliphatic rings. The van der Waals surface area contributed by atoms with Gasteiger partial charge in [-0.3, -0.25) is 4.90 Å². The summed E-state index contributed by atoms with van der Waals surface area (Å²) in [7, 11) is 12.0. The number of hydrogen-bond acceptors (Lipinski definition) is 21. The van der Waals surface area contributed by atoms with Gasteiger partial charge in [-0.2, -0.15) is 29.9 Å². The molecular formula is C80H91ClN20O. The van der Waals surface area contributed by atoms with E-state index in [1.807, 2.05) is 185 Å². The first-order valence-corrected chi connectivity index (χ1v) is 35.1. The molecule has 0 atom stereocenters. The van der Waals surface area contributed by atoms with E-state index in [-0.39, 0.29) is 0 Å². The lowest BCUT2D eigenvalue weighted by molar-refractivity contribution is 0.249. The minimum atomic E-state index is 0.531. The highest BCUT2D eigenvalue weighted by molar-refractivity contribution is 6.33. The van der Waals surface area contributed by atoms with Crippen LogP contribution >= 0.6 is 11.6 Å². The molecule has 0 amide bonds. The van der Waals surface area contributed by atoms with Gasteiger partial charge in [-0.15, -0.1) is 0 Å². The molecule has 0 aliphatic carbocycles. The quantitative estimate of drug-likeness (QED) is 0.0618. The van der Waals surface area contributed by atoms with Crippen LogP contribution in [0.5, 0.6) is 5.75 Å². The third kappa shape index (κ3) is 20.0. The molecular weight excluding hydrogens is 1290 g/mol. The lowest BCUT2D eigenvalue weighted by atomic mass is 10.0. The summed E-state index contributed by atoms with van der Waals surface area (Å²) < 4.78 is 6.01. The highest BCUT2D eigenvalue weighted by atomic mass is 35.5. The Hall–Kier alpha value is -11.3. The Morgan fingerprint density at radius 2 is 0.814 bits per heavy atom. The molecule has 0 spiro atoms. The van der Waals surface area contributed by atoms with Gasteiger partial charge < -0.3 is 59.9 Å². The summed E-state index contributed by atoms with van der Waals surface area (Å²) in [6.07, 6.45) is 4.60. The first-order chi connectivity index (χ1) is 49.7. The van der Waals surface area contributed by atoms with Gasteiger partial charge in [0.2, 0.25) is 17.8 Å². The predicted octanol–water partition coefficient (Wildman–Crippen LogP) is 13.8. The summed E-state index contributed by atoms with van der Waals surface area (Å²) in [4.78, 5) is 57.8. The maximum atomic E-state index is 6.41. The number of rotatable bonds is 21. The minimum absolute atomic E-state index is 0.531. The number of hydrogen-bond donors (Lipinski definition) is 3. The van der Waals surface area contributed by atoms with Crippen LogP contribution < -0.4 is 59.9 Å². The molecule has 3 saturated heterocycles. The number of ether oxygens (including phenoxy) is 1. The topological polar surface area (TPSA) is 178 Å². The van der Waals surface area contributed by atoms with Gasteiger partial charge in [-0.25, -0.2) is 9.97 Å². The fourth-order valence-corrected chi connectivity index (χ4v) is 12.2. The van der Waals surface area contributed by atoms with E-state index in [0.717, 1.165) is 184 Å². The van der Waals surface area contributed by atoms with Crippen molar-refractivity contribution in [1.29, 1.82) is 0 Å². The number of halogens is 1. The Kier molecular flexibility index (Phi) is 24.0. The molecule has 0 saturated carbocycles. The second-order valence-electron chi connectivity index (χ2n) is 26.0. The zero-order valence-corrected chi connectivity index (χ0v) is 60.1. The number of aromatic nitrogens is 8. The second-order valence-corrected chi connectivity index (χ2v) is 26.4. The number of piperazine rings is 3. The standard InChI is InChI=1S/C30H34N6O.C28H31N7.C22H26ClN7/c1-34(2)29-21-28(31-26-14-9-15-27(20-26)37-23-25-12-7-4-8-13-25)32-30(33-29)36-18-16-35(17-19-36)22-24-10-5-3-6-11-24;1-33(2)27-21-25(30-24-13-11-23(12-14-24)20-22-8-4-3-5-9-22)31-28(32-27)35-18-16-34(17-19-35)26-10-6-7-15-29-26;1-16-7-8-18(17(23)14-16)25-19-15-21(28(2)3)27-22(26-19)30-12-10-29(11-13-30)20-6-4-5-9-24-20/h3-15,20-21H,16-19,22-23H2,1-2H3,(H,31,32,33);3-15,21H,16-20H2,1-2H3,(H,30,31,32);4-9,14-15H,10-13H2,1-3H3,(H,25,26,27). The van der Waals surface area contributed by atoms with Gasteiger partial charge in [-0.05, 0) is 102 Å². The van der Waals surface area contributed by atoms with Crippen LogP contribution in [-0.2, 0) is 19.6 Å². The molecule has 5 aromatic heterocycles. The number of aryl methyl sites for hydroxylation is 1. The summed E-state index contributed by atoms with van der Waals surface area (Å²) in [6.45, 7) is 14.2. The monoisotopic (exact) mass is 1380 g/mol. The van der Waals surface area contributed by atoms with Gasteiger partial charge in [-0.1, -0.05) is 139 Å². The van der Waals surface area contributed by atoms with E-state index in [2.05, 4.69) is 158 Å². The zero-order valence-electron chi connectivity index (χ0n) is 59.4. The van der Waals surface area contributed by atoms with Crippen LogP contribution in [0.15, 0.2) is 225 Å². The van der Waals surface area contributed by atoms with Crippen LogP contribution in [0.25, 0.3) is 0 Å². The van der Waals surface area contributed by atoms with Crippen molar-refractivity contribution < 1.29 is 4.74 Å². The number of benzene rings is 6. The molecule has 22 heteroatoms. The fourth-order valence-electron chi connectivity index (χ4n) is 12.0. The van der Waals surface area contributed by atoms with Gasteiger partial charge in [0.15, 0.2) is 0 Å². The van der Waals surface area contributed by atoms with Gasteiger partial charge in [0.1, 0.15) is 58.9 Å². The Bertz CT molecular complexity index is 4390. The molecule has 3 aliphatic heterocycles. The van der Waals surface area contributed by atoms with Crippen LogP contribution in [0.3, 0.4) is 0 Å². The van der Waals surface area contributed by atoms with Crippen LogP contribution in [0, 0.1) is 6.92 Å². The van der Waals surface area contributed by atoms with E-state index >= 15 is 0 Å². The van der Waals surface area contributed by atoms with E-state index in [4.69, 9.17) is 46.2 Å². The summed E-state index contributed by atoms with van der Waals surface area (Å²) in [5.74, 6) is 9.94. The van der Waals surface area contributed by atoms with E-state index in [1.165, 1.54) is 16.7 Å². The largest absolute Gasteiger partial charge is 0.489 e. The van der Waals surface area contributed by atoms with Crippen molar-refractivity contribution >= 4 is 93.1 Å². The number of nitrogens with zero attached hydrogens (tertiary/aromatic N) is 17. The molecule has 3 N–H and O–H groups in total. The highest BCUT2D eigenvalue weighted by Crippen LogP contribution is 2.31. The molecule has 0 radical (unpaired) electrons. The van der Waals surface area contributed by atoms with Crippen molar-refractivity contribution in [2.75, 3.05) is 176 Å². The molecule has 11 aromatic rings. The van der Waals surface area contributed by atoms with Crippen molar-refractivity contribution in [3.63, 3.8) is 0 Å². The first-order valence-electron chi connectivity index (χ1n) is 34.7. The van der Waals surface area contributed by atoms with Gasteiger partial charge in [0, 0.05) is 175 Å². The smallest absolute Gasteiger partial charge is 0.229 e. The summed E-state index contributed by atoms with van der Waals surface area (Å²) in [6, 6.07) is 71.8. The fraction of sp³-hybridized carbons (Fsp3) is 0.275. The van der Waals surface area contributed by atoms with Crippen molar-refractivity contribution in [2.45, 2.75) is 26.5 Å². The van der Waals surface area contributed by atoms with Gasteiger partial charge in [0.05, 0.1) is 10.7 Å². The normalized spacial score (nSPS) is 13.8. The van der Waals surface area contributed by atoms with Gasteiger partial charge >= 0.3 is 0 Å². The molecule has 3 fully saturated rings. The maximum absolute atomic E-state index is 6.41. The molecule has 102 heavy (non-hydrogen) atoms. The maximum Gasteiger partial charge on any atom is 0.229 e. The number of nitrogens with one attached hydrogen (secondary N) is 3. The molecule has 6 aromatic carbocycles. The third-order valence-corrected chi connectivity index (χ3v) is 18.0. The molecule has 0 unspecified atom stereocenters. The second kappa shape index (κ2) is 34.7. The van der Waals surface area contributed by atoms with Crippen molar-refractivity contribution in [1.82, 2.24) is 44.8 Å². The highest BCUT2D eigenvalue weighted by Gasteiger charge is 2.25. The van der Waals surface area contributed by atoms with Gasteiger partial charge in [0.25, 0.3) is 0 Å². The third-order valence-electron chi connectivity index (χ3n) is 17.7. The molecule has 0 bridgehead atoms. The SMILES string of the molecule is CN(C)c1cc(Nc2ccc(Cc3ccccc3)cc2)nc(N2CCN(c3ccccn3)CC2)n1.CN(C)c1cc(Nc2cccc(OCc3ccccc3)c2)nc(N2CCN(Cc3ccccc3)CC2)n1.Cc1ccc(Nc2cc(N(C)C)nc(N3CCN(c4ccccn4)CC3)n2)c(Cl)c1. The van der Waals surface area contributed by atoms with Crippen molar-refractivity contribution in [3.05, 3.63) is 258 Å². The van der Waals surface area contributed by atoms with Crippen LogP contribution in [-0.4, -0.2) is 166 Å². The van der Waals surface area contributed by atoms with Crippen LogP contribution in [0.1, 0.15) is 27.8 Å². The average molecular weight is 1380 g/mol. The Morgan fingerprint density at radius 1 is 0.382 bits per heavy atom. The zero-order chi connectivity index (χ0) is 70.6. The van der Waals surface area contributed by atoms with Crippen LogP contribution in [0.2, 0.25) is 5.02 Å². The molecule has 21 nitrogen and oxygen atoms in total. The summed E-state index contributed by atoms with van der Waals surface area (Å²) >= 11 is 6.41. The number of pyridine rings is 2. The lowest BCUT2D eigenvalue weighted by Gasteiger charge is -2.35. The Balaban J connectivity index is 0.000000145. The summed E-state index contributed by atoms with van der Waals surface area (Å²) in [5, 5.41) is 11.0.